The van der Waals surface area contributed by atoms with E-state index in [1.54, 1.807) is 6.92 Å². The highest BCUT2D eigenvalue weighted by Crippen LogP contribution is 1.76. The van der Waals surface area contributed by atoms with Crippen LogP contribution in [-0.2, 0) is 9.59 Å². The molecule has 0 fully saturated rings. The van der Waals surface area contributed by atoms with E-state index in [4.69, 9.17) is 0 Å². The van der Waals surface area contributed by atoms with Crippen molar-refractivity contribution in [2.75, 3.05) is 7.05 Å². The van der Waals surface area contributed by atoms with Crippen molar-refractivity contribution in [3.63, 3.8) is 0 Å². The molecule has 0 aliphatic rings. The molecule has 0 saturated heterocycles. The fraction of sp³-hybridized carbons (Fsp3) is 0.500. The van der Waals surface area contributed by atoms with E-state index in [0.717, 1.165) is 6.54 Å². The summed E-state index contributed by atoms with van der Waals surface area (Å²) in [6.07, 6.45) is 0.382. The summed E-state index contributed by atoms with van der Waals surface area (Å²) in [4.78, 5) is 21.0. The van der Waals surface area contributed by atoms with Gasteiger partial charge in [0.2, 0.25) is 11.8 Å². The minimum absolute atomic E-state index is 0.163. The number of hydrogen-bond donors (Lipinski definition) is 2. The van der Waals surface area contributed by atoms with Crippen molar-refractivity contribution in [3.05, 3.63) is 6.54 Å². The Morgan fingerprint density at radius 1 is 1.50 bits per heavy atom. The molecule has 0 aromatic rings. The zero-order valence-corrected chi connectivity index (χ0v) is 6.10. The topological polar surface area (TPSA) is 58.2 Å². The summed E-state index contributed by atoms with van der Waals surface area (Å²) in [6.45, 7) is 2.82. The Hall–Kier alpha value is -1.06. The zero-order chi connectivity index (χ0) is 7.98. The molecular weight excluding hydrogens is 132 g/mol. The van der Waals surface area contributed by atoms with Crippen LogP contribution in [0.15, 0.2) is 0 Å². The Labute approximate surface area is 60.0 Å². The molecule has 0 aromatic heterocycles. The average molecular weight is 143 g/mol. The molecule has 0 heterocycles. The maximum atomic E-state index is 10.5. The highest BCUT2D eigenvalue weighted by atomic mass is 16.2. The molecule has 1 radical (unpaired) electrons. The third kappa shape index (κ3) is 3.88. The minimum atomic E-state index is -0.304. The number of nitrogens with one attached hydrogen (secondary N) is 2. The van der Waals surface area contributed by atoms with Crippen LogP contribution in [0.3, 0.4) is 0 Å². The van der Waals surface area contributed by atoms with E-state index in [1.165, 1.54) is 7.05 Å². The fourth-order valence-electron chi connectivity index (χ4n) is 0.320. The van der Waals surface area contributed by atoms with Crippen LogP contribution in [0.2, 0.25) is 0 Å². The summed E-state index contributed by atoms with van der Waals surface area (Å²) in [5.41, 5.74) is 0. The molecule has 57 valence electrons. The van der Waals surface area contributed by atoms with Gasteiger partial charge >= 0.3 is 0 Å². The van der Waals surface area contributed by atoms with Crippen molar-refractivity contribution in [3.8, 4) is 0 Å². The minimum Gasteiger partial charge on any atom is -0.357 e. The molecule has 0 aliphatic heterocycles. The predicted octanol–water partition coefficient (Wildman–Crippen LogP) is -0.580. The average Bonchev–Trinajstić information content (AvgIpc) is 1.99. The van der Waals surface area contributed by atoms with Crippen LogP contribution in [-0.4, -0.2) is 18.9 Å². The van der Waals surface area contributed by atoms with Gasteiger partial charge in [0.15, 0.2) is 0 Å². The van der Waals surface area contributed by atoms with Crippen LogP contribution >= 0.6 is 0 Å². The van der Waals surface area contributed by atoms with Crippen molar-refractivity contribution in [2.45, 2.75) is 13.3 Å². The summed E-state index contributed by atoms with van der Waals surface area (Å²) in [5.74, 6) is -0.467. The molecule has 0 atom stereocenters. The number of rotatable bonds is 3. The molecular formula is C6H11N2O2. The molecule has 0 bridgehead atoms. The van der Waals surface area contributed by atoms with Crippen LogP contribution < -0.4 is 10.6 Å². The molecule has 0 spiro atoms. The number of hydrogen-bond acceptors (Lipinski definition) is 2. The number of amides is 2. The first-order chi connectivity index (χ1) is 4.70. The van der Waals surface area contributed by atoms with Gasteiger partial charge in [0.05, 0.1) is 0 Å². The van der Waals surface area contributed by atoms with E-state index in [-0.39, 0.29) is 11.8 Å². The van der Waals surface area contributed by atoms with Gasteiger partial charge in [-0.2, -0.15) is 0 Å². The van der Waals surface area contributed by atoms with Gasteiger partial charge < -0.3 is 10.6 Å². The highest BCUT2D eigenvalue weighted by Gasteiger charge is 2.00. The SMILES string of the molecule is CCC(=O)N[CH]C(=O)NC. The van der Waals surface area contributed by atoms with Crippen LogP contribution in [0.5, 0.6) is 0 Å². The molecule has 0 unspecified atom stereocenters. The van der Waals surface area contributed by atoms with Crippen LogP contribution in [0.1, 0.15) is 13.3 Å². The van der Waals surface area contributed by atoms with E-state index < -0.39 is 0 Å². The van der Waals surface area contributed by atoms with Crippen LogP contribution in [0.25, 0.3) is 0 Å². The van der Waals surface area contributed by atoms with E-state index in [9.17, 15) is 9.59 Å². The third-order valence-corrected chi connectivity index (χ3v) is 0.932. The second kappa shape index (κ2) is 4.78. The molecule has 10 heavy (non-hydrogen) atoms. The molecule has 2 amide bonds. The predicted molar refractivity (Wildman–Crippen MR) is 36.8 cm³/mol. The third-order valence-electron chi connectivity index (χ3n) is 0.932. The fourth-order valence-corrected chi connectivity index (χ4v) is 0.320. The van der Waals surface area contributed by atoms with Gasteiger partial charge in [0.1, 0.15) is 6.54 Å². The Bertz CT molecular complexity index is 118. The largest absolute Gasteiger partial charge is 0.357 e. The Kier molecular flexibility index (Phi) is 4.28. The maximum absolute atomic E-state index is 10.5. The lowest BCUT2D eigenvalue weighted by molar-refractivity contribution is -0.123. The number of carbonyl (C=O) groups is 2. The second-order valence-electron chi connectivity index (χ2n) is 1.68. The van der Waals surface area contributed by atoms with Crippen molar-refractivity contribution in [1.29, 1.82) is 0 Å². The van der Waals surface area contributed by atoms with Crippen LogP contribution in [0.4, 0.5) is 0 Å². The first-order valence-electron chi connectivity index (χ1n) is 3.05. The van der Waals surface area contributed by atoms with Gasteiger partial charge in [-0.3, -0.25) is 9.59 Å². The summed E-state index contributed by atoms with van der Waals surface area (Å²) in [6, 6.07) is 0. The second-order valence-corrected chi connectivity index (χ2v) is 1.68. The van der Waals surface area contributed by atoms with Crippen molar-refractivity contribution < 1.29 is 9.59 Å². The van der Waals surface area contributed by atoms with E-state index in [2.05, 4.69) is 10.6 Å². The first kappa shape index (κ1) is 8.94. The lowest BCUT2D eigenvalue weighted by Gasteiger charge is -1.99. The molecule has 2 N–H and O–H groups in total. The Morgan fingerprint density at radius 2 is 2.10 bits per heavy atom. The standard InChI is InChI=1S/C6H11N2O2/c1-3-5(9)8-4-6(10)7-2/h4H,3H2,1-2H3,(H,7,10)(H,8,9). The number of carbonyl (C=O) groups excluding carboxylic acids is 2. The first-order valence-corrected chi connectivity index (χ1v) is 3.05. The van der Waals surface area contributed by atoms with Gasteiger partial charge in [-0.1, -0.05) is 6.92 Å². The lowest BCUT2D eigenvalue weighted by atomic mass is 10.4. The van der Waals surface area contributed by atoms with Crippen molar-refractivity contribution >= 4 is 11.8 Å². The van der Waals surface area contributed by atoms with Gasteiger partial charge in [-0.05, 0) is 0 Å². The summed E-state index contributed by atoms with van der Waals surface area (Å²) >= 11 is 0. The Morgan fingerprint density at radius 3 is 2.50 bits per heavy atom. The van der Waals surface area contributed by atoms with E-state index >= 15 is 0 Å². The van der Waals surface area contributed by atoms with Gasteiger partial charge in [0, 0.05) is 13.5 Å². The van der Waals surface area contributed by atoms with Crippen molar-refractivity contribution in [1.82, 2.24) is 10.6 Å². The van der Waals surface area contributed by atoms with Crippen molar-refractivity contribution in [2.24, 2.45) is 0 Å². The van der Waals surface area contributed by atoms with Gasteiger partial charge in [-0.25, -0.2) is 0 Å². The summed E-state index contributed by atoms with van der Waals surface area (Å²) < 4.78 is 0. The maximum Gasteiger partial charge on any atom is 0.245 e. The summed E-state index contributed by atoms with van der Waals surface area (Å²) in [7, 11) is 1.50. The normalized spacial score (nSPS) is 8.60. The number of likely N-dealkylation sites (N-methyl/N-ethyl adjacent to an activating group) is 1. The summed E-state index contributed by atoms with van der Waals surface area (Å²) in [5, 5.41) is 4.64. The van der Waals surface area contributed by atoms with Gasteiger partial charge in [0.25, 0.3) is 0 Å². The zero-order valence-electron chi connectivity index (χ0n) is 6.10. The lowest BCUT2D eigenvalue weighted by Crippen LogP contribution is -2.29. The smallest absolute Gasteiger partial charge is 0.245 e. The monoisotopic (exact) mass is 143 g/mol. The molecule has 0 aliphatic carbocycles. The highest BCUT2D eigenvalue weighted by molar-refractivity contribution is 5.89. The molecule has 4 heteroatoms. The van der Waals surface area contributed by atoms with E-state index in [0.29, 0.717) is 6.42 Å². The van der Waals surface area contributed by atoms with Crippen LogP contribution in [0, 0.1) is 6.54 Å². The molecule has 4 nitrogen and oxygen atoms in total. The molecule has 0 aromatic carbocycles. The molecule has 0 rings (SSSR count). The Balaban J connectivity index is 3.35. The van der Waals surface area contributed by atoms with E-state index in [1.807, 2.05) is 0 Å². The molecule has 0 saturated carbocycles. The van der Waals surface area contributed by atoms with Gasteiger partial charge in [-0.15, -0.1) is 0 Å². The quantitative estimate of drug-likeness (QED) is 0.555.